The maximum atomic E-state index is 12.4. The molecule has 1 fully saturated rings. The quantitative estimate of drug-likeness (QED) is 0.836. The van der Waals surface area contributed by atoms with Crippen molar-refractivity contribution in [2.75, 3.05) is 31.6 Å². The van der Waals surface area contributed by atoms with Gasteiger partial charge in [-0.15, -0.1) is 10.2 Å². The van der Waals surface area contributed by atoms with Gasteiger partial charge in [0, 0.05) is 26.7 Å². The van der Waals surface area contributed by atoms with Crippen molar-refractivity contribution in [3.63, 3.8) is 0 Å². The molecule has 1 aliphatic heterocycles. The summed E-state index contributed by atoms with van der Waals surface area (Å²) < 4.78 is 0. The standard InChI is InChI=1S/C16H26N4O/c1-3-4-11-19(2)15-10-9-14(17-18-15)16(21)20-12-7-5-6-8-13-20/h9-10H,3-8,11-13H2,1-2H3. The molecule has 2 rings (SSSR count). The van der Waals surface area contributed by atoms with Crippen LogP contribution in [0.1, 0.15) is 55.9 Å². The molecule has 0 spiro atoms. The summed E-state index contributed by atoms with van der Waals surface area (Å²) in [5.41, 5.74) is 0.463. The van der Waals surface area contributed by atoms with Gasteiger partial charge in [-0.25, -0.2) is 0 Å². The number of aromatic nitrogens is 2. The summed E-state index contributed by atoms with van der Waals surface area (Å²) in [7, 11) is 2.01. The molecule has 5 heteroatoms. The molecule has 0 aromatic carbocycles. The van der Waals surface area contributed by atoms with Gasteiger partial charge in [0.1, 0.15) is 0 Å². The monoisotopic (exact) mass is 290 g/mol. The Morgan fingerprint density at radius 3 is 2.48 bits per heavy atom. The van der Waals surface area contributed by atoms with E-state index < -0.39 is 0 Å². The van der Waals surface area contributed by atoms with Crippen molar-refractivity contribution in [1.29, 1.82) is 0 Å². The van der Waals surface area contributed by atoms with E-state index in [1.54, 1.807) is 6.07 Å². The summed E-state index contributed by atoms with van der Waals surface area (Å²) in [6.45, 7) is 4.82. The van der Waals surface area contributed by atoms with Crippen LogP contribution in [0.5, 0.6) is 0 Å². The second-order valence-electron chi connectivity index (χ2n) is 5.76. The Hall–Kier alpha value is -1.65. The number of unbranched alkanes of at least 4 members (excludes halogenated alkanes) is 1. The highest BCUT2D eigenvalue weighted by molar-refractivity contribution is 5.92. The normalized spacial score (nSPS) is 15.6. The van der Waals surface area contributed by atoms with Crippen LogP contribution in [0.3, 0.4) is 0 Å². The van der Waals surface area contributed by atoms with Gasteiger partial charge < -0.3 is 9.80 Å². The predicted octanol–water partition coefficient (Wildman–Crippen LogP) is 2.73. The number of anilines is 1. The van der Waals surface area contributed by atoms with Crippen LogP contribution in [-0.4, -0.2) is 47.7 Å². The summed E-state index contributed by atoms with van der Waals surface area (Å²) in [5, 5.41) is 8.33. The van der Waals surface area contributed by atoms with Gasteiger partial charge in [0.25, 0.3) is 5.91 Å². The Morgan fingerprint density at radius 1 is 1.19 bits per heavy atom. The van der Waals surface area contributed by atoms with Crippen molar-refractivity contribution >= 4 is 11.7 Å². The molecule has 0 atom stereocenters. The molecule has 0 bridgehead atoms. The molecule has 0 radical (unpaired) electrons. The number of carbonyl (C=O) groups excluding carboxylic acids is 1. The van der Waals surface area contributed by atoms with Gasteiger partial charge in [0.15, 0.2) is 11.5 Å². The van der Waals surface area contributed by atoms with Crippen molar-refractivity contribution in [3.8, 4) is 0 Å². The fourth-order valence-corrected chi connectivity index (χ4v) is 2.59. The second kappa shape index (κ2) is 7.96. The first-order valence-corrected chi connectivity index (χ1v) is 8.06. The average Bonchev–Trinajstić information content (AvgIpc) is 2.81. The summed E-state index contributed by atoms with van der Waals surface area (Å²) in [5.74, 6) is 0.850. The molecule has 1 amide bonds. The van der Waals surface area contributed by atoms with Gasteiger partial charge in [-0.1, -0.05) is 26.2 Å². The minimum Gasteiger partial charge on any atom is -0.358 e. The van der Waals surface area contributed by atoms with Crippen LogP contribution in [0.15, 0.2) is 12.1 Å². The number of hydrogen-bond donors (Lipinski definition) is 0. The Kier molecular flexibility index (Phi) is 5.96. The van der Waals surface area contributed by atoms with E-state index >= 15 is 0 Å². The van der Waals surface area contributed by atoms with E-state index in [4.69, 9.17) is 0 Å². The maximum absolute atomic E-state index is 12.4. The van der Waals surface area contributed by atoms with Crippen LogP contribution in [0.2, 0.25) is 0 Å². The molecule has 2 heterocycles. The molecule has 1 aromatic heterocycles. The Balaban J connectivity index is 1.98. The third-order valence-electron chi connectivity index (χ3n) is 4.00. The third kappa shape index (κ3) is 4.41. The molecule has 1 aromatic rings. The lowest BCUT2D eigenvalue weighted by molar-refractivity contribution is 0.0754. The first kappa shape index (κ1) is 15.7. The van der Waals surface area contributed by atoms with Crippen molar-refractivity contribution in [3.05, 3.63) is 17.8 Å². The van der Waals surface area contributed by atoms with Crippen molar-refractivity contribution in [2.45, 2.75) is 45.4 Å². The zero-order valence-electron chi connectivity index (χ0n) is 13.2. The molecule has 0 N–H and O–H groups in total. The highest BCUT2D eigenvalue weighted by Gasteiger charge is 2.19. The topological polar surface area (TPSA) is 49.3 Å². The zero-order chi connectivity index (χ0) is 15.1. The molecular weight excluding hydrogens is 264 g/mol. The summed E-state index contributed by atoms with van der Waals surface area (Å²) in [4.78, 5) is 16.4. The largest absolute Gasteiger partial charge is 0.358 e. The minimum atomic E-state index is 0.0205. The first-order chi connectivity index (χ1) is 10.2. The second-order valence-corrected chi connectivity index (χ2v) is 5.76. The average molecular weight is 290 g/mol. The fraction of sp³-hybridized carbons (Fsp3) is 0.688. The smallest absolute Gasteiger partial charge is 0.274 e. The van der Waals surface area contributed by atoms with Crippen molar-refractivity contribution < 1.29 is 4.79 Å². The lowest BCUT2D eigenvalue weighted by atomic mass is 10.2. The van der Waals surface area contributed by atoms with Crippen LogP contribution in [0, 0.1) is 0 Å². The van der Waals surface area contributed by atoms with E-state index in [1.165, 1.54) is 12.8 Å². The van der Waals surface area contributed by atoms with Gasteiger partial charge in [-0.05, 0) is 31.4 Å². The van der Waals surface area contributed by atoms with Crippen LogP contribution in [0.25, 0.3) is 0 Å². The van der Waals surface area contributed by atoms with Gasteiger partial charge in [0.2, 0.25) is 0 Å². The van der Waals surface area contributed by atoms with E-state index in [2.05, 4.69) is 22.0 Å². The molecule has 116 valence electrons. The molecule has 1 saturated heterocycles. The lowest BCUT2D eigenvalue weighted by Crippen LogP contribution is -2.32. The highest BCUT2D eigenvalue weighted by atomic mass is 16.2. The zero-order valence-corrected chi connectivity index (χ0v) is 13.2. The highest BCUT2D eigenvalue weighted by Crippen LogP contribution is 2.14. The fourth-order valence-electron chi connectivity index (χ4n) is 2.59. The Bertz CT molecular complexity index is 438. The summed E-state index contributed by atoms with van der Waals surface area (Å²) in [6.07, 6.45) is 6.91. The molecule has 21 heavy (non-hydrogen) atoms. The summed E-state index contributed by atoms with van der Waals surface area (Å²) in [6, 6.07) is 3.70. The minimum absolute atomic E-state index is 0.0205. The first-order valence-electron chi connectivity index (χ1n) is 8.06. The van der Waals surface area contributed by atoms with Crippen LogP contribution in [-0.2, 0) is 0 Å². The number of likely N-dealkylation sites (tertiary alicyclic amines) is 1. The lowest BCUT2D eigenvalue weighted by Gasteiger charge is -2.20. The van der Waals surface area contributed by atoms with E-state index in [1.807, 2.05) is 18.0 Å². The van der Waals surface area contributed by atoms with E-state index in [0.717, 1.165) is 51.1 Å². The number of nitrogens with zero attached hydrogens (tertiary/aromatic N) is 4. The van der Waals surface area contributed by atoms with Crippen LogP contribution in [0.4, 0.5) is 5.82 Å². The van der Waals surface area contributed by atoms with E-state index in [9.17, 15) is 4.79 Å². The third-order valence-corrected chi connectivity index (χ3v) is 4.00. The van der Waals surface area contributed by atoms with Crippen molar-refractivity contribution in [1.82, 2.24) is 15.1 Å². The number of rotatable bonds is 5. The Labute approximate surface area is 127 Å². The maximum Gasteiger partial charge on any atom is 0.274 e. The van der Waals surface area contributed by atoms with E-state index in [-0.39, 0.29) is 5.91 Å². The van der Waals surface area contributed by atoms with Crippen LogP contribution >= 0.6 is 0 Å². The Morgan fingerprint density at radius 2 is 1.90 bits per heavy atom. The molecule has 0 saturated carbocycles. The van der Waals surface area contributed by atoms with Gasteiger partial charge >= 0.3 is 0 Å². The van der Waals surface area contributed by atoms with Gasteiger partial charge in [0.05, 0.1) is 0 Å². The molecule has 0 unspecified atom stereocenters. The predicted molar refractivity (Wildman–Crippen MR) is 84.6 cm³/mol. The van der Waals surface area contributed by atoms with Gasteiger partial charge in [-0.2, -0.15) is 0 Å². The SMILES string of the molecule is CCCCN(C)c1ccc(C(=O)N2CCCCCC2)nn1. The van der Waals surface area contributed by atoms with Gasteiger partial charge in [-0.3, -0.25) is 4.79 Å². The number of amides is 1. The molecule has 5 nitrogen and oxygen atoms in total. The molecule has 1 aliphatic rings. The number of carbonyl (C=O) groups is 1. The molecular formula is C16H26N4O. The van der Waals surface area contributed by atoms with E-state index in [0.29, 0.717) is 5.69 Å². The summed E-state index contributed by atoms with van der Waals surface area (Å²) >= 11 is 0. The van der Waals surface area contributed by atoms with Crippen LogP contribution < -0.4 is 4.90 Å². The number of hydrogen-bond acceptors (Lipinski definition) is 4. The molecule has 0 aliphatic carbocycles. The van der Waals surface area contributed by atoms with Crippen molar-refractivity contribution in [2.24, 2.45) is 0 Å².